The maximum atomic E-state index is 6.89. The summed E-state index contributed by atoms with van der Waals surface area (Å²) in [5, 5.41) is 0.268. The predicted molar refractivity (Wildman–Crippen MR) is 85.1 cm³/mol. The Hall–Kier alpha value is -0.490. The number of hydrogen-bond donors (Lipinski definition) is 0. The lowest BCUT2D eigenvalue weighted by Gasteiger charge is -2.17. The first-order chi connectivity index (χ1) is 9.74. The van der Waals surface area contributed by atoms with Crippen LogP contribution < -0.4 is 0 Å². The lowest BCUT2D eigenvalue weighted by atomic mass is 9.93. The van der Waals surface area contributed by atoms with Crippen molar-refractivity contribution in [3.05, 3.63) is 34.9 Å². The number of benzene rings is 1. The van der Waals surface area contributed by atoms with Gasteiger partial charge >= 0.3 is 0 Å². The minimum Gasteiger partial charge on any atom is -0.117 e. The lowest BCUT2D eigenvalue weighted by molar-refractivity contribution is 0.455. The Kier molecular flexibility index (Phi) is 3.14. The molecular formula is C19H25Cl. The first-order valence-corrected chi connectivity index (χ1v) is 8.94. The van der Waals surface area contributed by atoms with Crippen LogP contribution in [0, 0.1) is 29.6 Å². The minimum atomic E-state index is 0.268. The van der Waals surface area contributed by atoms with E-state index in [1.165, 1.54) is 36.0 Å². The van der Waals surface area contributed by atoms with Gasteiger partial charge in [0.05, 0.1) is 5.38 Å². The van der Waals surface area contributed by atoms with E-state index in [4.69, 9.17) is 11.6 Å². The van der Waals surface area contributed by atoms with Crippen LogP contribution in [0.3, 0.4) is 0 Å². The number of hydrogen-bond acceptors (Lipinski definition) is 0. The predicted octanol–water partition coefficient (Wildman–Crippen LogP) is 5.38. The molecule has 20 heavy (non-hydrogen) atoms. The van der Waals surface area contributed by atoms with Crippen LogP contribution in [0.2, 0.25) is 0 Å². The molecule has 0 radical (unpaired) electrons. The van der Waals surface area contributed by atoms with Crippen LogP contribution in [0.5, 0.6) is 0 Å². The van der Waals surface area contributed by atoms with E-state index >= 15 is 0 Å². The summed E-state index contributed by atoms with van der Waals surface area (Å²) in [6.07, 6.45) is 6.75. The van der Waals surface area contributed by atoms with Gasteiger partial charge in [0.2, 0.25) is 0 Å². The van der Waals surface area contributed by atoms with E-state index in [0.717, 1.165) is 42.4 Å². The third-order valence-corrected chi connectivity index (χ3v) is 6.99. The molecule has 0 nitrogen and oxygen atoms in total. The van der Waals surface area contributed by atoms with E-state index in [0.29, 0.717) is 0 Å². The van der Waals surface area contributed by atoms with Gasteiger partial charge in [-0.1, -0.05) is 32.0 Å². The molecule has 3 aliphatic rings. The van der Waals surface area contributed by atoms with Gasteiger partial charge in [-0.2, -0.15) is 0 Å². The summed E-state index contributed by atoms with van der Waals surface area (Å²) in [7, 11) is 0. The van der Waals surface area contributed by atoms with Gasteiger partial charge in [-0.05, 0) is 78.4 Å². The van der Waals surface area contributed by atoms with Gasteiger partial charge in [0, 0.05) is 0 Å². The molecule has 4 rings (SSSR count). The molecule has 1 aromatic carbocycles. The largest absolute Gasteiger partial charge is 0.117 e. The van der Waals surface area contributed by atoms with Gasteiger partial charge in [-0.15, -0.1) is 11.6 Å². The minimum absolute atomic E-state index is 0.268. The van der Waals surface area contributed by atoms with Crippen LogP contribution in [-0.4, -0.2) is 0 Å². The third-order valence-electron chi connectivity index (χ3n) is 6.44. The summed E-state index contributed by atoms with van der Waals surface area (Å²) in [5.74, 6) is 4.80. The molecule has 0 N–H and O–H groups in total. The molecule has 0 saturated heterocycles. The molecule has 5 atom stereocenters. The smallest absolute Gasteiger partial charge is 0.0619 e. The van der Waals surface area contributed by atoms with Crippen LogP contribution in [0.1, 0.15) is 55.2 Å². The molecular weight excluding hydrogens is 264 g/mol. The Morgan fingerprint density at radius 1 is 1.05 bits per heavy atom. The highest BCUT2D eigenvalue weighted by Gasteiger charge is 2.66. The van der Waals surface area contributed by atoms with Gasteiger partial charge < -0.3 is 0 Å². The van der Waals surface area contributed by atoms with Gasteiger partial charge in [0.1, 0.15) is 0 Å². The Labute approximate surface area is 127 Å². The highest BCUT2D eigenvalue weighted by Crippen LogP contribution is 2.73. The van der Waals surface area contributed by atoms with Crippen LogP contribution >= 0.6 is 11.6 Å². The second-order valence-electron chi connectivity index (χ2n) is 7.20. The molecule has 1 aromatic rings. The molecule has 0 amide bonds. The first kappa shape index (κ1) is 13.2. The van der Waals surface area contributed by atoms with E-state index in [9.17, 15) is 0 Å². The van der Waals surface area contributed by atoms with Crippen molar-refractivity contribution in [1.82, 2.24) is 0 Å². The van der Waals surface area contributed by atoms with E-state index in [1.807, 2.05) is 0 Å². The van der Waals surface area contributed by atoms with Crippen molar-refractivity contribution in [3.63, 3.8) is 0 Å². The lowest BCUT2D eigenvalue weighted by Crippen LogP contribution is -2.05. The molecule has 3 saturated carbocycles. The summed E-state index contributed by atoms with van der Waals surface area (Å²) < 4.78 is 0. The summed E-state index contributed by atoms with van der Waals surface area (Å²) in [4.78, 5) is 0. The molecule has 2 bridgehead atoms. The van der Waals surface area contributed by atoms with Crippen molar-refractivity contribution in [3.8, 4) is 0 Å². The monoisotopic (exact) mass is 288 g/mol. The zero-order chi connectivity index (χ0) is 13.9. The zero-order valence-electron chi connectivity index (χ0n) is 12.6. The van der Waals surface area contributed by atoms with Crippen LogP contribution in [0.4, 0.5) is 0 Å². The van der Waals surface area contributed by atoms with Crippen molar-refractivity contribution in [2.24, 2.45) is 29.6 Å². The van der Waals surface area contributed by atoms with Gasteiger partial charge in [-0.3, -0.25) is 0 Å². The normalized spacial score (nSPS) is 38.9. The second kappa shape index (κ2) is 4.77. The number of rotatable bonds is 4. The van der Waals surface area contributed by atoms with Crippen molar-refractivity contribution in [2.45, 2.75) is 51.3 Å². The number of aryl methyl sites for hydroxylation is 2. The van der Waals surface area contributed by atoms with E-state index in [2.05, 4.69) is 32.0 Å². The number of fused-ring (bicyclic) bond motifs is 5. The topological polar surface area (TPSA) is 0 Å². The third kappa shape index (κ3) is 1.80. The fourth-order valence-corrected chi connectivity index (χ4v) is 5.97. The molecule has 3 aliphatic carbocycles. The maximum Gasteiger partial charge on any atom is 0.0619 e. The van der Waals surface area contributed by atoms with Crippen LogP contribution in [0.25, 0.3) is 0 Å². The first-order valence-electron chi connectivity index (χ1n) is 8.50. The highest BCUT2D eigenvalue weighted by atomic mass is 35.5. The molecule has 0 heterocycles. The van der Waals surface area contributed by atoms with Gasteiger partial charge in [-0.25, -0.2) is 0 Å². The molecule has 0 spiro atoms. The molecule has 0 aliphatic heterocycles. The second-order valence-corrected chi connectivity index (χ2v) is 7.67. The van der Waals surface area contributed by atoms with E-state index in [1.54, 1.807) is 0 Å². The molecule has 108 valence electrons. The SMILES string of the molecule is CCc1ccc(C(Cl)C2C3C4CCC(C4)C32)cc1CC. The number of alkyl halides is 1. The number of halogens is 1. The van der Waals surface area contributed by atoms with E-state index in [-0.39, 0.29) is 5.38 Å². The maximum absolute atomic E-state index is 6.89. The zero-order valence-corrected chi connectivity index (χ0v) is 13.4. The summed E-state index contributed by atoms with van der Waals surface area (Å²) in [6, 6.07) is 7.01. The average Bonchev–Trinajstić information content (AvgIpc) is 2.92. The van der Waals surface area contributed by atoms with Crippen molar-refractivity contribution >= 4 is 11.6 Å². The summed E-state index contributed by atoms with van der Waals surface area (Å²) >= 11 is 6.89. The van der Waals surface area contributed by atoms with Crippen LogP contribution in [0.15, 0.2) is 18.2 Å². The molecule has 5 unspecified atom stereocenters. The fourth-order valence-electron chi connectivity index (χ4n) is 5.50. The van der Waals surface area contributed by atoms with E-state index < -0.39 is 0 Å². The summed E-state index contributed by atoms with van der Waals surface area (Å²) in [5.41, 5.74) is 4.39. The Morgan fingerprint density at radius 2 is 1.70 bits per heavy atom. The molecule has 0 aromatic heterocycles. The highest BCUT2D eigenvalue weighted by molar-refractivity contribution is 6.21. The summed E-state index contributed by atoms with van der Waals surface area (Å²) in [6.45, 7) is 4.50. The van der Waals surface area contributed by atoms with Gasteiger partial charge in [0.15, 0.2) is 0 Å². The van der Waals surface area contributed by atoms with Crippen molar-refractivity contribution in [1.29, 1.82) is 0 Å². The fraction of sp³-hybridized carbons (Fsp3) is 0.684. The molecule has 1 heteroatoms. The Morgan fingerprint density at radius 3 is 2.30 bits per heavy atom. The molecule has 3 fully saturated rings. The standard InChI is InChI=1S/C19H25Cl/c1-3-11-5-8-15(9-12(11)4-2)19(20)18-16-13-6-7-14(10-13)17(16)18/h5,8-9,13-14,16-19H,3-4,6-7,10H2,1-2H3. The Bertz CT molecular complexity index is 504. The van der Waals surface area contributed by atoms with Crippen molar-refractivity contribution < 1.29 is 0 Å². The quantitative estimate of drug-likeness (QED) is 0.652. The van der Waals surface area contributed by atoms with Gasteiger partial charge in [0.25, 0.3) is 0 Å². The average molecular weight is 289 g/mol. The Balaban J connectivity index is 1.56. The van der Waals surface area contributed by atoms with Crippen LogP contribution in [-0.2, 0) is 12.8 Å². The van der Waals surface area contributed by atoms with Crippen molar-refractivity contribution in [2.75, 3.05) is 0 Å².